The Bertz CT molecular complexity index is 548. The number of piperidine rings is 1. The number of carbonyl (C=O) groups is 1. The first-order valence-corrected chi connectivity index (χ1v) is 6.88. The van der Waals surface area contributed by atoms with Gasteiger partial charge in [-0.15, -0.1) is 0 Å². The van der Waals surface area contributed by atoms with Crippen molar-refractivity contribution in [1.29, 1.82) is 5.26 Å². The summed E-state index contributed by atoms with van der Waals surface area (Å²) in [6, 6.07) is 6.53. The molecule has 0 bridgehead atoms. The molecule has 0 spiro atoms. The lowest BCUT2D eigenvalue weighted by atomic mass is 10.0. The van der Waals surface area contributed by atoms with Crippen molar-refractivity contribution in [3.05, 3.63) is 29.6 Å². The lowest BCUT2D eigenvalue weighted by Gasteiger charge is -2.34. The van der Waals surface area contributed by atoms with E-state index < -0.39 is 11.8 Å². The van der Waals surface area contributed by atoms with Gasteiger partial charge in [0.25, 0.3) is 0 Å². The van der Waals surface area contributed by atoms with Crippen molar-refractivity contribution in [1.82, 2.24) is 0 Å². The predicted octanol–water partition coefficient (Wildman–Crippen LogP) is 2.16. The summed E-state index contributed by atoms with van der Waals surface area (Å²) in [6.45, 7) is 1.54. The maximum Gasteiger partial charge on any atom is 0.305 e. The fourth-order valence-electron chi connectivity index (χ4n) is 2.46. The zero-order valence-electron chi connectivity index (χ0n) is 11.6. The number of nitrogens with zero attached hydrogens (tertiary/aromatic N) is 2. The molecule has 0 aliphatic carbocycles. The molecule has 1 aliphatic heterocycles. The normalized spacial score (nSPS) is 15.7. The Morgan fingerprint density at radius 2 is 2.19 bits per heavy atom. The molecule has 0 saturated carbocycles. The Hall–Kier alpha value is -2.13. The van der Waals surface area contributed by atoms with Crippen LogP contribution in [0, 0.1) is 17.1 Å². The molecule has 0 aromatic heterocycles. The van der Waals surface area contributed by atoms with Crippen LogP contribution in [0.15, 0.2) is 18.2 Å². The average molecular weight is 292 g/mol. The molecule has 0 atom stereocenters. The number of rotatable bonds is 5. The number of hydrogen-bond acceptors (Lipinski definition) is 4. The summed E-state index contributed by atoms with van der Waals surface area (Å²) in [4.78, 5) is 12.4. The van der Waals surface area contributed by atoms with E-state index in [4.69, 9.17) is 15.1 Å². The van der Waals surface area contributed by atoms with Crippen LogP contribution in [0.2, 0.25) is 0 Å². The number of carboxylic acids is 1. The van der Waals surface area contributed by atoms with Crippen LogP contribution in [0.25, 0.3) is 0 Å². The molecule has 0 amide bonds. The smallest absolute Gasteiger partial charge is 0.305 e. The van der Waals surface area contributed by atoms with E-state index in [9.17, 15) is 9.18 Å². The van der Waals surface area contributed by atoms with Crippen molar-refractivity contribution in [2.75, 3.05) is 24.6 Å². The van der Waals surface area contributed by atoms with Crippen LogP contribution >= 0.6 is 0 Å². The van der Waals surface area contributed by atoms with Crippen molar-refractivity contribution >= 4 is 11.7 Å². The minimum absolute atomic E-state index is 0.00267. The number of hydrogen-bond donors (Lipinski definition) is 1. The Balaban J connectivity index is 1.91. The molecule has 1 N–H and O–H groups in total. The second kappa shape index (κ2) is 7.04. The van der Waals surface area contributed by atoms with Crippen molar-refractivity contribution < 1.29 is 19.0 Å². The molecule has 112 valence electrons. The van der Waals surface area contributed by atoms with Crippen molar-refractivity contribution in [2.24, 2.45) is 0 Å². The van der Waals surface area contributed by atoms with Gasteiger partial charge >= 0.3 is 5.97 Å². The summed E-state index contributed by atoms with van der Waals surface area (Å²) in [5.74, 6) is -1.37. The zero-order chi connectivity index (χ0) is 15.2. The van der Waals surface area contributed by atoms with E-state index in [1.807, 2.05) is 11.0 Å². The Morgan fingerprint density at radius 3 is 2.81 bits per heavy atom. The monoisotopic (exact) mass is 292 g/mol. The summed E-state index contributed by atoms with van der Waals surface area (Å²) in [7, 11) is 0. The molecule has 5 nitrogen and oxygen atoms in total. The third kappa shape index (κ3) is 3.92. The van der Waals surface area contributed by atoms with Gasteiger partial charge in [-0.3, -0.25) is 4.79 Å². The molecule has 1 aromatic rings. The van der Waals surface area contributed by atoms with E-state index in [0.29, 0.717) is 18.8 Å². The molecule has 1 aliphatic rings. The summed E-state index contributed by atoms with van der Waals surface area (Å²) < 4.78 is 19.1. The Labute approximate surface area is 122 Å². The summed E-state index contributed by atoms with van der Waals surface area (Å²) in [6.07, 6.45) is 1.50. The summed E-state index contributed by atoms with van der Waals surface area (Å²) in [5, 5.41) is 17.6. The second-order valence-corrected chi connectivity index (χ2v) is 4.95. The van der Waals surface area contributed by atoms with Crippen LogP contribution in [-0.2, 0) is 9.53 Å². The predicted molar refractivity (Wildman–Crippen MR) is 74.6 cm³/mol. The van der Waals surface area contributed by atoms with Gasteiger partial charge in [-0.2, -0.15) is 5.26 Å². The highest BCUT2D eigenvalue weighted by molar-refractivity contribution is 5.66. The molecular weight excluding hydrogens is 275 g/mol. The number of anilines is 1. The van der Waals surface area contributed by atoms with Gasteiger partial charge in [-0.25, -0.2) is 4.39 Å². The summed E-state index contributed by atoms with van der Waals surface area (Å²) >= 11 is 0. The minimum Gasteiger partial charge on any atom is -0.481 e. The molecule has 21 heavy (non-hydrogen) atoms. The van der Waals surface area contributed by atoms with Crippen LogP contribution < -0.4 is 4.90 Å². The van der Waals surface area contributed by atoms with Crippen LogP contribution in [0.5, 0.6) is 0 Å². The van der Waals surface area contributed by atoms with Gasteiger partial charge in [0.2, 0.25) is 0 Å². The number of ether oxygens (including phenoxy) is 1. The maximum atomic E-state index is 13.6. The lowest BCUT2D eigenvalue weighted by molar-refractivity contribution is -0.138. The molecule has 0 radical (unpaired) electrons. The van der Waals surface area contributed by atoms with Crippen molar-refractivity contribution in [3.8, 4) is 6.07 Å². The topological polar surface area (TPSA) is 73.6 Å². The third-order valence-corrected chi connectivity index (χ3v) is 3.56. The van der Waals surface area contributed by atoms with Gasteiger partial charge in [0.1, 0.15) is 17.4 Å². The first kappa shape index (κ1) is 15.3. The minimum atomic E-state index is -0.870. The van der Waals surface area contributed by atoms with Gasteiger partial charge in [0, 0.05) is 13.1 Å². The average Bonchev–Trinajstić information content (AvgIpc) is 2.47. The van der Waals surface area contributed by atoms with Gasteiger partial charge in [0.15, 0.2) is 0 Å². The van der Waals surface area contributed by atoms with Crippen LogP contribution in [0.3, 0.4) is 0 Å². The first-order valence-electron chi connectivity index (χ1n) is 6.88. The molecular formula is C15H17FN2O3. The van der Waals surface area contributed by atoms with E-state index >= 15 is 0 Å². The number of benzene rings is 1. The standard InChI is InChI=1S/C15H17FN2O3/c16-13-2-1-3-14(12(13)10-17)18-7-4-11(5-8-18)21-9-6-15(19)20/h1-3,11H,4-9H2,(H,19,20). The van der Waals surface area contributed by atoms with Gasteiger partial charge < -0.3 is 14.7 Å². The number of nitriles is 1. The maximum absolute atomic E-state index is 13.6. The van der Waals surface area contributed by atoms with E-state index in [-0.39, 0.29) is 24.7 Å². The molecule has 1 heterocycles. The molecule has 1 aromatic carbocycles. The van der Waals surface area contributed by atoms with E-state index in [0.717, 1.165) is 12.8 Å². The quantitative estimate of drug-likeness (QED) is 0.900. The van der Waals surface area contributed by atoms with Crippen molar-refractivity contribution in [2.45, 2.75) is 25.4 Å². The van der Waals surface area contributed by atoms with Crippen LogP contribution in [0.4, 0.5) is 10.1 Å². The van der Waals surface area contributed by atoms with E-state index in [2.05, 4.69) is 0 Å². The van der Waals surface area contributed by atoms with E-state index in [1.165, 1.54) is 6.07 Å². The Kier molecular flexibility index (Phi) is 5.12. The lowest BCUT2D eigenvalue weighted by Crippen LogP contribution is -2.37. The number of carboxylic acid groups (broad SMARTS) is 1. The van der Waals surface area contributed by atoms with Gasteiger partial charge in [-0.1, -0.05) is 6.07 Å². The van der Waals surface area contributed by atoms with E-state index in [1.54, 1.807) is 12.1 Å². The largest absolute Gasteiger partial charge is 0.481 e. The molecule has 0 unspecified atom stereocenters. The van der Waals surface area contributed by atoms with Crippen LogP contribution in [0.1, 0.15) is 24.8 Å². The van der Waals surface area contributed by atoms with Crippen LogP contribution in [-0.4, -0.2) is 36.9 Å². The van der Waals surface area contributed by atoms with Crippen molar-refractivity contribution in [3.63, 3.8) is 0 Å². The SMILES string of the molecule is N#Cc1c(F)cccc1N1CCC(OCCC(=O)O)CC1. The fraction of sp³-hybridized carbons (Fsp3) is 0.467. The third-order valence-electron chi connectivity index (χ3n) is 3.56. The van der Waals surface area contributed by atoms with Gasteiger partial charge in [-0.05, 0) is 25.0 Å². The Morgan fingerprint density at radius 1 is 1.48 bits per heavy atom. The highest BCUT2D eigenvalue weighted by Crippen LogP contribution is 2.26. The molecule has 2 rings (SSSR count). The number of halogens is 1. The second-order valence-electron chi connectivity index (χ2n) is 4.95. The van der Waals surface area contributed by atoms with Gasteiger partial charge in [0.05, 0.1) is 24.8 Å². The highest BCUT2D eigenvalue weighted by atomic mass is 19.1. The first-order chi connectivity index (χ1) is 10.1. The zero-order valence-corrected chi connectivity index (χ0v) is 11.6. The summed E-state index contributed by atoms with van der Waals surface area (Å²) in [5.41, 5.74) is 0.684. The molecule has 1 fully saturated rings. The fourth-order valence-corrected chi connectivity index (χ4v) is 2.46. The number of aliphatic carboxylic acids is 1. The molecule has 1 saturated heterocycles. The highest BCUT2D eigenvalue weighted by Gasteiger charge is 2.22. The molecule has 6 heteroatoms.